The van der Waals surface area contributed by atoms with Crippen molar-refractivity contribution in [3.63, 3.8) is 0 Å². The van der Waals surface area contributed by atoms with Gasteiger partial charge in [0.05, 0.1) is 11.7 Å². The van der Waals surface area contributed by atoms with Crippen LogP contribution in [0.4, 0.5) is 8.78 Å². The Labute approximate surface area is 116 Å². The second kappa shape index (κ2) is 6.58. The molecule has 0 saturated heterocycles. The molecule has 1 atom stereocenters. The van der Waals surface area contributed by atoms with Crippen LogP contribution in [0, 0.1) is 11.6 Å². The zero-order valence-electron chi connectivity index (χ0n) is 11.3. The quantitative estimate of drug-likeness (QED) is 0.630. The minimum absolute atomic E-state index is 0.0275. The van der Waals surface area contributed by atoms with Crippen molar-refractivity contribution in [2.24, 2.45) is 5.84 Å². The molecule has 0 saturated carbocycles. The molecule has 1 aromatic carbocycles. The molecule has 20 heavy (non-hydrogen) atoms. The van der Waals surface area contributed by atoms with E-state index in [0.29, 0.717) is 0 Å². The van der Waals surface area contributed by atoms with Crippen molar-refractivity contribution in [2.45, 2.75) is 32.4 Å². The highest BCUT2D eigenvalue weighted by Crippen LogP contribution is 2.21. The third-order valence-corrected chi connectivity index (χ3v) is 3.21. The molecule has 0 spiro atoms. The summed E-state index contributed by atoms with van der Waals surface area (Å²) in [5.74, 6) is 4.41. The summed E-state index contributed by atoms with van der Waals surface area (Å²) in [6, 6.07) is 5.25. The minimum atomic E-state index is -0.563. The molecule has 0 aliphatic carbocycles. The fourth-order valence-corrected chi connectivity index (χ4v) is 2.22. The van der Waals surface area contributed by atoms with E-state index in [2.05, 4.69) is 10.5 Å². The van der Waals surface area contributed by atoms with Crippen molar-refractivity contribution in [3.8, 4) is 0 Å². The zero-order valence-corrected chi connectivity index (χ0v) is 11.3. The lowest BCUT2D eigenvalue weighted by atomic mass is 10.0. The van der Waals surface area contributed by atoms with Gasteiger partial charge >= 0.3 is 0 Å². The first-order valence-corrected chi connectivity index (χ1v) is 6.58. The van der Waals surface area contributed by atoms with Crippen LogP contribution in [-0.4, -0.2) is 9.78 Å². The van der Waals surface area contributed by atoms with E-state index in [0.717, 1.165) is 18.7 Å². The molecule has 2 aromatic rings. The highest BCUT2D eigenvalue weighted by atomic mass is 19.1. The molecule has 1 unspecified atom stereocenters. The Morgan fingerprint density at radius 3 is 2.60 bits per heavy atom. The number of nitrogens with two attached hydrogens (primary N) is 1. The molecular weight excluding hydrogens is 262 g/mol. The van der Waals surface area contributed by atoms with Crippen molar-refractivity contribution >= 4 is 0 Å². The molecular formula is C14H18F2N4. The number of benzene rings is 1. The van der Waals surface area contributed by atoms with Crippen LogP contribution < -0.4 is 11.3 Å². The maximum Gasteiger partial charge on any atom is 0.129 e. The fourth-order valence-electron chi connectivity index (χ4n) is 2.22. The van der Waals surface area contributed by atoms with E-state index < -0.39 is 17.7 Å². The third kappa shape index (κ3) is 3.02. The maximum atomic E-state index is 13.7. The van der Waals surface area contributed by atoms with Gasteiger partial charge in [-0.3, -0.25) is 16.0 Å². The summed E-state index contributed by atoms with van der Waals surface area (Å²) >= 11 is 0. The molecule has 6 heteroatoms. The lowest BCUT2D eigenvalue weighted by molar-refractivity contribution is 0.458. The van der Waals surface area contributed by atoms with E-state index in [9.17, 15) is 8.78 Å². The van der Waals surface area contributed by atoms with Crippen molar-refractivity contribution in [1.82, 2.24) is 15.2 Å². The van der Waals surface area contributed by atoms with Crippen LogP contribution in [0.15, 0.2) is 30.5 Å². The number of aryl methyl sites for hydroxylation is 1. The van der Waals surface area contributed by atoms with Crippen LogP contribution in [0.5, 0.6) is 0 Å². The topological polar surface area (TPSA) is 55.9 Å². The SMILES string of the molecule is CCCn1nccc1C(Cc1c(F)cccc1F)NN. The average Bonchev–Trinajstić information content (AvgIpc) is 2.87. The lowest BCUT2D eigenvalue weighted by Crippen LogP contribution is -2.32. The number of aromatic nitrogens is 2. The van der Waals surface area contributed by atoms with Crippen molar-refractivity contribution in [2.75, 3.05) is 0 Å². The molecule has 0 aliphatic heterocycles. The Bertz CT molecular complexity index is 548. The summed E-state index contributed by atoms with van der Waals surface area (Å²) in [6.07, 6.45) is 2.71. The molecule has 0 aliphatic rings. The highest BCUT2D eigenvalue weighted by Gasteiger charge is 2.19. The summed E-state index contributed by atoms with van der Waals surface area (Å²) in [5, 5.41) is 4.19. The Kier molecular flexibility index (Phi) is 4.81. The monoisotopic (exact) mass is 280 g/mol. The molecule has 0 fully saturated rings. The maximum absolute atomic E-state index is 13.7. The summed E-state index contributed by atoms with van der Waals surface area (Å²) in [6.45, 7) is 2.77. The van der Waals surface area contributed by atoms with Gasteiger partial charge in [0.1, 0.15) is 11.6 Å². The normalized spacial score (nSPS) is 12.6. The second-order valence-electron chi connectivity index (χ2n) is 4.60. The van der Waals surface area contributed by atoms with E-state index in [4.69, 9.17) is 5.84 Å². The number of halogens is 2. The van der Waals surface area contributed by atoms with Crippen LogP contribution in [-0.2, 0) is 13.0 Å². The Morgan fingerprint density at radius 2 is 2.00 bits per heavy atom. The number of nitrogens with zero attached hydrogens (tertiary/aromatic N) is 2. The van der Waals surface area contributed by atoms with Gasteiger partial charge in [-0.25, -0.2) is 8.78 Å². The summed E-state index contributed by atoms with van der Waals surface area (Å²) in [4.78, 5) is 0. The molecule has 0 radical (unpaired) electrons. The minimum Gasteiger partial charge on any atom is -0.271 e. The van der Waals surface area contributed by atoms with Gasteiger partial charge in [-0.05, 0) is 24.6 Å². The fraction of sp³-hybridized carbons (Fsp3) is 0.357. The third-order valence-electron chi connectivity index (χ3n) is 3.21. The van der Waals surface area contributed by atoms with E-state index >= 15 is 0 Å². The van der Waals surface area contributed by atoms with Gasteiger partial charge in [0.25, 0.3) is 0 Å². The molecule has 2 rings (SSSR count). The molecule has 4 nitrogen and oxygen atoms in total. The van der Waals surface area contributed by atoms with Crippen molar-refractivity contribution in [3.05, 3.63) is 53.4 Å². The number of rotatable bonds is 6. The molecule has 3 N–H and O–H groups in total. The molecule has 0 amide bonds. The molecule has 1 aromatic heterocycles. The number of hydrogen-bond acceptors (Lipinski definition) is 3. The number of hydrazine groups is 1. The molecule has 0 bridgehead atoms. The van der Waals surface area contributed by atoms with Gasteiger partial charge in [-0.1, -0.05) is 13.0 Å². The van der Waals surface area contributed by atoms with Crippen LogP contribution in [0.2, 0.25) is 0 Å². The van der Waals surface area contributed by atoms with Crippen molar-refractivity contribution < 1.29 is 8.78 Å². The van der Waals surface area contributed by atoms with Gasteiger partial charge in [-0.15, -0.1) is 0 Å². The van der Waals surface area contributed by atoms with Gasteiger partial charge in [0.15, 0.2) is 0 Å². The standard InChI is InChI=1S/C14H18F2N4/c1-2-8-20-14(6-7-18-20)13(19-17)9-10-11(15)4-3-5-12(10)16/h3-7,13,19H,2,8-9,17H2,1H3. The van der Waals surface area contributed by atoms with Gasteiger partial charge in [-0.2, -0.15) is 5.10 Å². The van der Waals surface area contributed by atoms with E-state index in [-0.39, 0.29) is 12.0 Å². The van der Waals surface area contributed by atoms with Crippen LogP contribution >= 0.6 is 0 Å². The predicted molar refractivity (Wildman–Crippen MR) is 72.6 cm³/mol. The smallest absolute Gasteiger partial charge is 0.129 e. The Balaban J connectivity index is 2.27. The second-order valence-corrected chi connectivity index (χ2v) is 4.60. The number of hydrogen-bond donors (Lipinski definition) is 2. The van der Waals surface area contributed by atoms with Crippen LogP contribution in [0.25, 0.3) is 0 Å². The average molecular weight is 280 g/mol. The summed E-state index contributed by atoms with van der Waals surface area (Å²) < 4.78 is 29.2. The largest absolute Gasteiger partial charge is 0.271 e. The molecule has 108 valence electrons. The Hall–Kier alpha value is -1.79. The first-order valence-electron chi connectivity index (χ1n) is 6.58. The van der Waals surface area contributed by atoms with Gasteiger partial charge in [0.2, 0.25) is 0 Å². The zero-order chi connectivity index (χ0) is 14.5. The molecule has 1 heterocycles. The van der Waals surface area contributed by atoms with Crippen LogP contribution in [0.3, 0.4) is 0 Å². The van der Waals surface area contributed by atoms with Crippen molar-refractivity contribution in [1.29, 1.82) is 0 Å². The summed E-state index contributed by atoms with van der Waals surface area (Å²) in [5.41, 5.74) is 3.46. The van der Waals surface area contributed by atoms with Gasteiger partial charge in [0, 0.05) is 24.7 Å². The lowest BCUT2D eigenvalue weighted by Gasteiger charge is -2.18. The summed E-state index contributed by atoms with van der Waals surface area (Å²) in [7, 11) is 0. The van der Waals surface area contributed by atoms with E-state index in [1.807, 2.05) is 6.92 Å². The first-order chi connectivity index (χ1) is 9.67. The van der Waals surface area contributed by atoms with Crippen LogP contribution in [0.1, 0.15) is 30.6 Å². The highest BCUT2D eigenvalue weighted by molar-refractivity contribution is 5.22. The van der Waals surface area contributed by atoms with Gasteiger partial charge < -0.3 is 0 Å². The van der Waals surface area contributed by atoms with E-state index in [1.165, 1.54) is 18.2 Å². The Morgan fingerprint density at radius 1 is 1.30 bits per heavy atom. The van der Waals surface area contributed by atoms with E-state index in [1.54, 1.807) is 16.9 Å². The number of nitrogens with one attached hydrogen (secondary N) is 1. The predicted octanol–water partition coefficient (Wildman–Crippen LogP) is 2.32. The first kappa shape index (κ1) is 14.6.